The largest absolute Gasteiger partial charge is 0.392 e. The highest BCUT2D eigenvalue weighted by Crippen LogP contribution is 2.18. The summed E-state index contributed by atoms with van der Waals surface area (Å²) in [6, 6.07) is 0. The number of hydrogen-bond acceptors (Lipinski definition) is 4. The van der Waals surface area contributed by atoms with E-state index in [1.165, 1.54) is 0 Å². The summed E-state index contributed by atoms with van der Waals surface area (Å²) < 4.78 is 26.9. The molecule has 0 saturated carbocycles. The lowest BCUT2D eigenvalue weighted by Crippen LogP contribution is -2.34. The summed E-state index contributed by atoms with van der Waals surface area (Å²) in [5, 5.41) is 9.55. The Morgan fingerprint density at radius 1 is 1.62 bits per heavy atom. The molecule has 0 aromatic rings. The highest BCUT2D eigenvalue weighted by molar-refractivity contribution is 7.90. The minimum Gasteiger partial charge on any atom is -0.392 e. The molecule has 0 aromatic carbocycles. The van der Waals surface area contributed by atoms with Crippen molar-refractivity contribution in [3.05, 3.63) is 0 Å². The van der Waals surface area contributed by atoms with E-state index in [-0.39, 0.29) is 11.7 Å². The minimum atomic E-state index is -3.08. The van der Waals surface area contributed by atoms with Crippen LogP contribution in [-0.4, -0.2) is 44.9 Å². The van der Waals surface area contributed by atoms with E-state index in [9.17, 15) is 13.5 Å². The van der Waals surface area contributed by atoms with Crippen LogP contribution in [0.5, 0.6) is 0 Å². The van der Waals surface area contributed by atoms with Crippen LogP contribution in [0.2, 0.25) is 0 Å². The Kier molecular flexibility index (Phi) is 3.70. The van der Waals surface area contributed by atoms with Gasteiger partial charge in [-0.05, 0) is 12.8 Å². The van der Waals surface area contributed by atoms with Gasteiger partial charge in [0.15, 0.2) is 0 Å². The van der Waals surface area contributed by atoms with Crippen molar-refractivity contribution in [2.75, 3.05) is 25.2 Å². The molecule has 0 aliphatic carbocycles. The Labute approximate surface area is 78.8 Å². The van der Waals surface area contributed by atoms with Crippen LogP contribution in [0.15, 0.2) is 0 Å². The van der Waals surface area contributed by atoms with Crippen LogP contribution in [0, 0.1) is 5.92 Å². The van der Waals surface area contributed by atoms with Crippen molar-refractivity contribution in [2.24, 2.45) is 5.92 Å². The van der Waals surface area contributed by atoms with Crippen molar-refractivity contribution in [3.8, 4) is 0 Å². The molecule has 78 valence electrons. The van der Waals surface area contributed by atoms with Gasteiger partial charge >= 0.3 is 0 Å². The van der Waals surface area contributed by atoms with Crippen molar-refractivity contribution in [1.82, 2.24) is 0 Å². The van der Waals surface area contributed by atoms with Crippen molar-refractivity contribution < 1.29 is 18.3 Å². The van der Waals surface area contributed by atoms with Crippen LogP contribution in [0.25, 0.3) is 0 Å². The molecule has 1 fully saturated rings. The minimum absolute atomic E-state index is 0.0107. The summed E-state index contributed by atoms with van der Waals surface area (Å²) in [5.74, 6) is -0.162. The van der Waals surface area contributed by atoms with E-state index < -0.39 is 15.9 Å². The molecule has 2 atom stereocenters. The van der Waals surface area contributed by atoms with E-state index in [0.29, 0.717) is 6.61 Å². The molecule has 1 heterocycles. The maximum absolute atomic E-state index is 10.9. The zero-order valence-corrected chi connectivity index (χ0v) is 8.59. The Morgan fingerprint density at radius 3 is 2.77 bits per heavy atom. The molecular weight excluding hydrogens is 192 g/mol. The average Bonchev–Trinajstić information content (AvgIpc) is 2.03. The molecule has 1 saturated heterocycles. The lowest BCUT2D eigenvalue weighted by atomic mass is 9.97. The molecule has 1 rings (SSSR count). The van der Waals surface area contributed by atoms with E-state index >= 15 is 0 Å². The first-order valence-corrected chi connectivity index (χ1v) is 6.48. The molecule has 1 aliphatic rings. The molecule has 0 bridgehead atoms. The fraction of sp³-hybridized carbons (Fsp3) is 1.00. The molecule has 0 aromatic heterocycles. The van der Waals surface area contributed by atoms with Gasteiger partial charge in [0.2, 0.25) is 0 Å². The van der Waals surface area contributed by atoms with Crippen molar-refractivity contribution >= 4 is 9.84 Å². The van der Waals surface area contributed by atoms with Crippen LogP contribution in [-0.2, 0) is 14.6 Å². The number of sulfone groups is 1. The third kappa shape index (κ3) is 4.06. The first-order valence-electron chi connectivity index (χ1n) is 4.42. The van der Waals surface area contributed by atoms with E-state index in [0.717, 1.165) is 25.7 Å². The zero-order chi connectivity index (χ0) is 9.90. The summed E-state index contributed by atoms with van der Waals surface area (Å²) in [6.07, 6.45) is 2.14. The number of ether oxygens (including phenoxy) is 1. The van der Waals surface area contributed by atoms with Gasteiger partial charge in [-0.25, -0.2) is 8.42 Å². The number of hydrogen-bond donors (Lipinski definition) is 1. The molecule has 0 amide bonds. The number of aliphatic hydroxyl groups is 1. The fourth-order valence-corrected chi connectivity index (χ4v) is 2.41. The second-order valence-electron chi connectivity index (χ2n) is 3.64. The Hall–Kier alpha value is -0.130. The predicted molar refractivity (Wildman–Crippen MR) is 49.3 cm³/mol. The molecule has 13 heavy (non-hydrogen) atoms. The molecule has 0 radical (unpaired) electrons. The van der Waals surface area contributed by atoms with Gasteiger partial charge in [0.05, 0.1) is 18.5 Å². The van der Waals surface area contributed by atoms with Crippen LogP contribution in [0.3, 0.4) is 0 Å². The van der Waals surface area contributed by atoms with Crippen molar-refractivity contribution in [2.45, 2.75) is 18.9 Å². The standard InChI is InChI=1S/C8H16O4S/c1-13(10,11)6-8(9)7-3-2-4-12-5-7/h7-9H,2-6H2,1H3. The van der Waals surface area contributed by atoms with Crippen LogP contribution in [0.1, 0.15) is 12.8 Å². The van der Waals surface area contributed by atoms with Crippen molar-refractivity contribution in [3.63, 3.8) is 0 Å². The second-order valence-corrected chi connectivity index (χ2v) is 5.82. The lowest BCUT2D eigenvalue weighted by molar-refractivity contribution is -0.000525. The Morgan fingerprint density at radius 2 is 2.31 bits per heavy atom. The summed E-state index contributed by atoms with van der Waals surface area (Å²) in [7, 11) is -3.08. The third-order valence-electron chi connectivity index (χ3n) is 2.21. The molecular formula is C8H16O4S. The second kappa shape index (κ2) is 4.39. The van der Waals surface area contributed by atoms with E-state index in [1.54, 1.807) is 0 Å². The van der Waals surface area contributed by atoms with Gasteiger partial charge < -0.3 is 9.84 Å². The summed E-state index contributed by atoms with van der Waals surface area (Å²) in [5.41, 5.74) is 0. The molecule has 1 N–H and O–H groups in total. The lowest BCUT2D eigenvalue weighted by Gasteiger charge is -2.26. The Balaban J connectivity index is 2.42. The maximum atomic E-state index is 10.9. The van der Waals surface area contributed by atoms with Gasteiger partial charge in [-0.1, -0.05) is 0 Å². The first-order chi connectivity index (χ1) is 5.99. The average molecular weight is 208 g/mol. The SMILES string of the molecule is CS(=O)(=O)CC(O)C1CCCOC1. The summed E-state index contributed by atoms with van der Waals surface area (Å²) in [6.45, 7) is 1.21. The molecule has 4 nitrogen and oxygen atoms in total. The summed E-state index contributed by atoms with van der Waals surface area (Å²) >= 11 is 0. The van der Waals surface area contributed by atoms with Gasteiger partial charge in [0.1, 0.15) is 9.84 Å². The van der Waals surface area contributed by atoms with Gasteiger partial charge in [0, 0.05) is 18.8 Å². The highest BCUT2D eigenvalue weighted by atomic mass is 32.2. The van der Waals surface area contributed by atoms with E-state index in [4.69, 9.17) is 4.74 Å². The van der Waals surface area contributed by atoms with Gasteiger partial charge in [-0.2, -0.15) is 0 Å². The molecule has 0 spiro atoms. The number of rotatable bonds is 3. The smallest absolute Gasteiger partial charge is 0.150 e. The first kappa shape index (κ1) is 10.9. The zero-order valence-electron chi connectivity index (χ0n) is 7.77. The topological polar surface area (TPSA) is 63.6 Å². The van der Waals surface area contributed by atoms with Gasteiger partial charge in [0.25, 0.3) is 0 Å². The quantitative estimate of drug-likeness (QED) is 0.698. The van der Waals surface area contributed by atoms with E-state index in [1.807, 2.05) is 0 Å². The maximum Gasteiger partial charge on any atom is 0.150 e. The molecule has 5 heteroatoms. The van der Waals surface area contributed by atoms with Crippen LogP contribution < -0.4 is 0 Å². The summed E-state index contributed by atoms with van der Waals surface area (Å²) in [4.78, 5) is 0. The highest BCUT2D eigenvalue weighted by Gasteiger charge is 2.25. The van der Waals surface area contributed by atoms with Gasteiger partial charge in [-0.15, -0.1) is 0 Å². The van der Waals surface area contributed by atoms with Crippen LogP contribution in [0.4, 0.5) is 0 Å². The Bertz CT molecular complexity index is 241. The third-order valence-corrected chi connectivity index (χ3v) is 3.16. The van der Waals surface area contributed by atoms with E-state index in [2.05, 4.69) is 0 Å². The monoisotopic (exact) mass is 208 g/mol. The predicted octanol–water partition coefficient (Wildman–Crippen LogP) is -0.182. The molecule has 2 unspecified atom stereocenters. The van der Waals surface area contributed by atoms with Crippen LogP contribution >= 0.6 is 0 Å². The number of aliphatic hydroxyl groups excluding tert-OH is 1. The normalized spacial score (nSPS) is 27.1. The van der Waals surface area contributed by atoms with Crippen molar-refractivity contribution in [1.29, 1.82) is 0 Å². The van der Waals surface area contributed by atoms with Gasteiger partial charge in [-0.3, -0.25) is 0 Å². The molecule has 1 aliphatic heterocycles. The fourth-order valence-electron chi connectivity index (χ4n) is 1.52.